The van der Waals surface area contributed by atoms with Crippen molar-refractivity contribution < 1.29 is 9.47 Å². The third-order valence-electron chi connectivity index (χ3n) is 3.10. The van der Waals surface area contributed by atoms with Gasteiger partial charge in [-0.1, -0.05) is 13.8 Å². The summed E-state index contributed by atoms with van der Waals surface area (Å²) in [6, 6.07) is 5.96. The van der Waals surface area contributed by atoms with E-state index in [0.717, 1.165) is 47.7 Å². The standard InChI is InChI=1S/C15H22N2O2S/c1-11(2)10-19-8-4-7-17-14-6-5-12(18-3)9-13(14)16-15(17)20/h5-6,9,11H,4,7-8,10H2,1-3H3,(H,16,20). The summed E-state index contributed by atoms with van der Waals surface area (Å²) in [4.78, 5) is 3.22. The molecule has 2 aromatic rings. The van der Waals surface area contributed by atoms with E-state index in [9.17, 15) is 0 Å². The minimum absolute atomic E-state index is 0.581. The predicted octanol–water partition coefficient (Wildman–Crippen LogP) is 3.77. The van der Waals surface area contributed by atoms with Crippen LogP contribution in [0.4, 0.5) is 0 Å². The van der Waals surface area contributed by atoms with E-state index in [4.69, 9.17) is 21.7 Å². The van der Waals surface area contributed by atoms with Crippen LogP contribution in [0, 0.1) is 10.7 Å². The van der Waals surface area contributed by atoms with E-state index < -0.39 is 0 Å². The van der Waals surface area contributed by atoms with Gasteiger partial charge < -0.3 is 19.0 Å². The van der Waals surface area contributed by atoms with Crippen LogP contribution in [0.1, 0.15) is 20.3 Å². The molecule has 1 aromatic heterocycles. The number of imidazole rings is 1. The van der Waals surface area contributed by atoms with Crippen molar-refractivity contribution in [3.63, 3.8) is 0 Å². The molecule has 5 heteroatoms. The molecule has 1 N–H and O–H groups in total. The lowest BCUT2D eigenvalue weighted by Crippen LogP contribution is -2.06. The van der Waals surface area contributed by atoms with E-state index >= 15 is 0 Å². The first-order chi connectivity index (χ1) is 9.61. The van der Waals surface area contributed by atoms with Crippen molar-refractivity contribution in [3.8, 4) is 5.75 Å². The number of methoxy groups -OCH3 is 1. The average molecular weight is 294 g/mol. The summed E-state index contributed by atoms with van der Waals surface area (Å²) in [6.45, 7) is 6.76. The molecule has 0 saturated heterocycles. The number of fused-ring (bicyclic) bond motifs is 1. The predicted molar refractivity (Wildman–Crippen MR) is 83.9 cm³/mol. The van der Waals surface area contributed by atoms with Gasteiger partial charge in [0.1, 0.15) is 5.75 Å². The number of H-pyrrole nitrogens is 1. The minimum atomic E-state index is 0.581. The highest BCUT2D eigenvalue weighted by Crippen LogP contribution is 2.20. The number of rotatable bonds is 7. The number of hydrogen-bond acceptors (Lipinski definition) is 3. The molecule has 1 aromatic carbocycles. The number of nitrogens with one attached hydrogen (secondary N) is 1. The Kier molecular flexibility index (Phi) is 5.20. The number of benzene rings is 1. The largest absolute Gasteiger partial charge is 0.497 e. The summed E-state index contributed by atoms with van der Waals surface area (Å²) in [6.07, 6.45) is 0.958. The zero-order chi connectivity index (χ0) is 14.5. The van der Waals surface area contributed by atoms with Gasteiger partial charge in [-0.05, 0) is 36.7 Å². The van der Waals surface area contributed by atoms with Crippen LogP contribution >= 0.6 is 12.2 Å². The first-order valence-electron chi connectivity index (χ1n) is 6.96. The number of aryl methyl sites for hydroxylation is 1. The summed E-state index contributed by atoms with van der Waals surface area (Å²) in [5.41, 5.74) is 2.12. The second kappa shape index (κ2) is 6.90. The van der Waals surface area contributed by atoms with E-state index in [1.165, 1.54) is 0 Å². The molecule has 110 valence electrons. The normalized spacial score (nSPS) is 11.4. The fourth-order valence-corrected chi connectivity index (χ4v) is 2.44. The first-order valence-corrected chi connectivity index (χ1v) is 7.37. The summed E-state index contributed by atoms with van der Waals surface area (Å²) in [5.74, 6) is 1.42. The highest BCUT2D eigenvalue weighted by Gasteiger charge is 2.05. The molecule has 0 aliphatic carbocycles. The van der Waals surface area contributed by atoms with E-state index in [2.05, 4.69) is 23.4 Å². The molecular formula is C15H22N2O2S. The summed E-state index contributed by atoms with van der Waals surface area (Å²) >= 11 is 5.38. The molecule has 1 heterocycles. The zero-order valence-corrected chi connectivity index (χ0v) is 13.1. The summed E-state index contributed by atoms with van der Waals surface area (Å²) < 4.78 is 13.7. The molecule has 2 rings (SSSR count). The van der Waals surface area contributed by atoms with Gasteiger partial charge in [-0.2, -0.15) is 0 Å². The Labute approximate surface area is 124 Å². The number of aromatic nitrogens is 2. The lowest BCUT2D eigenvalue weighted by molar-refractivity contribution is 0.105. The van der Waals surface area contributed by atoms with Crippen molar-refractivity contribution in [1.82, 2.24) is 9.55 Å². The Bertz CT molecular complexity index is 616. The third kappa shape index (κ3) is 3.61. The van der Waals surface area contributed by atoms with Crippen LogP contribution in [0.3, 0.4) is 0 Å². The Morgan fingerprint density at radius 2 is 2.15 bits per heavy atom. The van der Waals surface area contributed by atoms with Crippen LogP contribution in [0.25, 0.3) is 11.0 Å². The number of hydrogen-bond donors (Lipinski definition) is 1. The second-order valence-electron chi connectivity index (χ2n) is 5.29. The zero-order valence-electron chi connectivity index (χ0n) is 12.3. The summed E-state index contributed by atoms with van der Waals surface area (Å²) in [7, 11) is 1.67. The fraction of sp³-hybridized carbons (Fsp3) is 0.533. The molecular weight excluding hydrogens is 272 g/mol. The van der Waals surface area contributed by atoms with Crippen LogP contribution in [0.5, 0.6) is 5.75 Å². The lowest BCUT2D eigenvalue weighted by atomic mass is 10.2. The molecule has 0 radical (unpaired) electrons. The van der Waals surface area contributed by atoms with Crippen molar-refractivity contribution in [1.29, 1.82) is 0 Å². The SMILES string of the molecule is COc1ccc2c(c1)[nH]c(=S)n2CCCOCC(C)C. The van der Waals surface area contributed by atoms with Crippen molar-refractivity contribution >= 4 is 23.3 Å². The Morgan fingerprint density at radius 3 is 2.85 bits per heavy atom. The van der Waals surface area contributed by atoms with E-state index in [-0.39, 0.29) is 0 Å². The van der Waals surface area contributed by atoms with Crippen molar-refractivity contribution in [2.75, 3.05) is 20.3 Å². The maximum absolute atomic E-state index is 5.60. The van der Waals surface area contributed by atoms with Gasteiger partial charge in [0.05, 0.1) is 18.1 Å². The Hall–Kier alpha value is -1.33. The average Bonchev–Trinajstić information content (AvgIpc) is 2.73. The van der Waals surface area contributed by atoms with Gasteiger partial charge in [-0.3, -0.25) is 0 Å². The first kappa shape index (κ1) is 15.1. The van der Waals surface area contributed by atoms with Gasteiger partial charge in [0, 0.05) is 25.8 Å². The molecule has 0 unspecified atom stereocenters. The quantitative estimate of drug-likeness (QED) is 0.624. The molecule has 0 spiro atoms. The van der Waals surface area contributed by atoms with Crippen molar-refractivity contribution in [2.24, 2.45) is 5.92 Å². The molecule has 0 atom stereocenters. The number of nitrogens with zero attached hydrogens (tertiary/aromatic N) is 1. The molecule has 0 saturated carbocycles. The van der Waals surface area contributed by atoms with Crippen LogP contribution in [-0.2, 0) is 11.3 Å². The number of aromatic amines is 1. The van der Waals surface area contributed by atoms with Gasteiger partial charge in [0.2, 0.25) is 0 Å². The molecule has 4 nitrogen and oxygen atoms in total. The van der Waals surface area contributed by atoms with Gasteiger partial charge in [0.15, 0.2) is 4.77 Å². The molecule has 0 aliphatic rings. The second-order valence-corrected chi connectivity index (χ2v) is 5.67. The van der Waals surface area contributed by atoms with Gasteiger partial charge >= 0.3 is 0 Å². The van der Waals surface area contributed by atoms with Crippen molar-refractivity contribution in [3.05, 3.63) is 23.0 Å². The monoisotopic (exact) mass is 294 g/mol. The van der Waals surface area contributed by atoms with Crippen LogP contribution in [0.2, 0.25) is 0 Å². The lowest BCUT2D eigenvalue weighted by Gasteiger charge is -2.08. The molecule has 0 amide bonds. The summed E-state index contributed by atoms with van der Waals surface area (Å²) in [5, 5.41) is 0. The smallest absolute Gasteiger partial charge is 0.178 e. The topological polar surface area (TPSA) is 39.2 Å². The van der Waals surface area contributed by atoms with Crippen LogP contribution in [0.15, 0.2) is 18.2 Å². The van der Waals surface area contributed by atoms with E-state index in [1.807, 2.05) is 18.2 Å². The van der Waals surface area contributed by atoms with Crippen LogP contribution in [-0.4, -0.2) is 29.9 Å². The van der Waals surface area contributed by atoms with Crippen molar-refractivity contribution in [2.45, 2.75) is 26.8 Å². The minimum Gasteiger partial charge on any atom is -0.497 e. The maximum atomic E-state index is 5.60. The van der Waals surface area contributed by atoms with Crippen LogP contribution < -0.4 is 4.74 Å². The Balaban J connectivity index is 2.03. The van der Waals surface area contributed by atoms with Gasteiger partial charge in [-0.25, -0.2) is 0 Å². The Morgan fingerprint density at radius 1 is 1.35 bits per heavy atom. The molecule has 0 bridgehead atoms. The fourth-order valence-electron chi connectivity index (χ4n) is 2.14. The third-order valence-corrected chi connectivity index (χ3v) is 3.43. The van der Waals surface area contributed by atoms with E-state index in [0.29, 0.717) is 5.92 Å². The molecule has 20 heavy (non-hydrogen) atoms. The molecule has 0 aliphatic heterocycles. The highest BCUT2D eigenvalue weighted by atomic mass is 32.1. The van der Waals surface area contributed by atoms with Gasteiger partial charge in [0.25, 0.3) is 0 Å². The number of ether oxygens (including phenoxy) is 2. The maximum Gasteiger partial charge on any atom is 0.178 e. The van der Waals surface area contributed by atoms with E-state index in [1.54, 1.807) is 7.11 Å². The molecule has 0 fully saturated rings. The van der Waals surface area contributed by atoms with Gasteiger partial charge in [-0.15, -0.1) is 0 Å². The highest BCUT2D eigenvalue weighted by molar-refractivity contribution is 7.71.